The topological polar surface area (TPSA) is 41.1 Å². The van der Waals surface area contributed by atoms with Crippen molar-refractivity contribution in [2.45, 2.75) is 107 Å². The molecule has 0 fully saturated rings. The number of benzene rings is 1. The first-order valence-electron chi connectivity index (χ1n) is 13.6. The van der Waals surface area contributed by atoms with Gasteiger partial charge in [0.2, 0.25) is 5.91 Å². The Bertz CT molecular complexity index is 781. The number of hydrogen-bond donors (Lipinski definition) is 2. The Morgan fingerprint density at radius 1 is 1.03 bits per heavy atom. The quantitative estimate of drug-likeness (QED) is 0.148. The highest BCUT2D eigenvalue weighted by Gasteiger charge is 2.15. The summed E-state index contributed by atoms with van der Waals surface area (Å²) in [4.78, 5) is 11.7. The largest absolute Gasteiger partial charge is 0.378 e. The number of unbranched alkanes of at least 4 members (excludes halogenated alkanes) is 1. The molecular formula is C31H53Cl3N2O. The summed E-state index contributed by atoms with van der Waals surface area (Å²) >= 11 is 17.9. The fourth-order valence-corrected chi connectivity index (χ4v) is 3.70. The minimum absolute atomic E-state index is 0.0148. The lowest BCUT2D eigenvalue weighted by atomic mass is 9.97. The Morgan fingerprint density at radius 2 is 1.54 bits per heavy atom. The summed E-state index contributed by atoms with van der Waals surface area (Å²) in [6, 6.07) is 5.43. The van der Waals surface area contributed by atoms with Crippen LogP contribution in [-0.2, 0) is 4.79 Å². The van der Waals surface area contributed by atoms with Crippen LogP contribution < -0.4 is 10.6 Å². The summed E-state index contributed by atoms with van der Waals surface area (Å²) in [5, 5.41) is 8.05. The molecule has 1 atom stereocenters. The molecular weight excluding hydrogens is 523 g/mol. The van der Waals surface area contributed by atoms with Crippen LogP contribution in [0.2, 0.25) is 10.0 Å². The van der Waals surface area contributed by atoms with E-state index >= 15 is 0 Å². The zero-order chi connectivity index (χ0) is 29.4. The molecule has 6 heteroatoms. The highest BCUT2D eigenvalue weighted by Crippen LogP contribution is 2.27. The second-order valence-corrected chi connectivity index (χ2v) is 10.0. The number of allylic oxidation sites excluding steroid dienone is 3. The molecule has 1 rings (SSSR count). The third-order valence-electron chi connectivity index (χ3n) is 4.84. The predicted molar refractivity (Wildman–Crippen MR) is 170 cm³/mol. The summed E-state index contributed by atoms with van der Waals surface area (Å²) in [7, 11) is 0. The predicted octanol–water partition coefficient (Wildman–Crippen LogP) is 11.0. The van der Waals surface area contributed by atoms with Crippen molar-refractivity contribution in [1.82, 2.24) is 10.6 Å². The van der Waals surface area contributed by atoms with Crippen molar-refractivity contribution < 1.29 is 4.79 Å². The smallest absolute Gasteiger partial charge is 0.223 e. The van der Waals surface area contributed by atoms with Gasteiger partial charge in [-0.05, 0) is 64.7 Å². The molecule has 3 nitrogen and oxygen atoms in total. The van der Waals surface area contributed by atoms with Crippen molar-refractivity contribution >= 4 is 40.7 Å². The van der Waals surface area contributed by atoms with Gasteiger partial charge in [0.25, 0.3) is 0 Å². The van der Waals surface area contributed by atoms with E-state index in [2.05, 4.69) is 44.6 Å². The molecule has 0 bridgehead atoms. The fourth-order valence-electron chi connectivity index (χ4n) is 3.07. The lowest BCUT2D eigenvalue weighted by Crippen LogP contribution is -2.31. The number of carbonyl (C=O) groups is 1. The summed E-state index contributed by atoms with van der Waals surface area (Å²) < 4.78 is 0. The highest BCUT2D eigenvalue weighted by atomic mass is 35.5. The molecule has 37 heavy (non-hydrogen) atoms. The molecule has 0 radical (unpaired) electrons. The lowest BCUT2D eigenvalue weighted by molar-refractivity contribution is -0.125. The molecule has 1 amide bonds. The monoisotopic (exact) mass is 574 g/mol. The summed E-state index contributed by atoms with van der Waals surface area (Å²) in [6.45, 7) is 26.5. The molecule has 0 aromatic heterocycles. The zero-order valence-electron chi connectivity index (χ0n) is 24.9. The van der Waals surface area contributed by atoms with Crippen LogP contribution in [0.25, 0.3) is 0 Å². The third-order valence-corrected chi connectivity index (χ3v) is 5.84. The van der Waals surface area contributed by atoms with Crippen LogP contribution in [0.4, 0.5) is 0 Å². The molecule has 1 aromatic rings. The molecule has 1 unspecified atom stereocenters. The SMILES string of the molecule is C=C(C)C.C=C(NC(C)c1ccc(Cl)cc1Cl)/C(Cl)=C\C.CC.CCCCNC(=O)C(CCC)CCC. The van der Waals surface area contributed by atoms with Crippen LogP contribution in [-0.4, -0.2) is 12.5 Å². The van der Waals surface area contributed by atoms with Crippen molar-refractivity contribution in [2.75, 3.05) is 6.54 Å². The van der Waals surface area contributed by atoms with Gasteiger partial charge in [0.1, 0.15) is 0 Å². The molecule has 0 spiro atoms. The second kappa shape index (κ2) is 26.2. The van der Waals surface area contributed by atoms with Gasteiger partial charge in [-0.15, -0.1) is 6.58 Å². The van der Waals surface area contributed by atoms with E-state index in [9.17, 15) is 4.79 Å². The number of nitrogens with one attached hydrogen (secondary N) is 2. The Hall–Kier alpha value is -1.42. The first-order chi connectivity index (χ1) is 17.4. The van der Waals surface area contributed by atoms with E-state index < -0.39 is 0 Å². The van der Waals surface area contributed by atoms with Gasteiger partial charge in [0.15, 0.2) is 0 Å². The number of hydrogen-bond acceptors (Lipinski definition) is 2. The molecule has 1 aromatic carbocycles. The van der Waals surface area contributed by atoms with E-state index in [-0.39, 0.29) is 17.9 Å². The number of rotatable bonds is 12. The van der Waals surface area contributed by atoms with Gasteiger partial charge in [0, 0.05) is 28.2 Å². The first-order valence-corrected chi connectivity index (χ1v) is 14.7. The van der Waals surface area contributed by atoms with E-state index in [1.54, 1.807) is 18.2 Å². The van der Waals surface area contributed by atoms with Crippen molar-refractivity contribution in [3.63, 3.8) is 0 Å². The Morgan fingerprint density at radius 3 is 1.95 bits per heavy atom. The summed E-state index contributed by atoms with van der Waals surface area (Å²) in [6.07, 6.45) is 8.30. The maximum Gasteiger partial charge on any atom is 0.223 e. The Labute approximate surface area is 244 Å². The van der Waals surface area contributed by atoms with Crippen LogP contribution in [0.3, 0.4) is 0 Å². The van der Waals surface area contributed by atoms with Gasteiger partial charge in [-0.25, -0.2) is 0 Å². The Kier molecular flexibility index (Phi) is 28.4. The molecule has 214 valence electrons. The number of halogens is 3. The molecule has 0 aliphatic heterocycles. The molecule has 0 saturated carbocycles. The van der Waals surface area contributed by atoms with Gasteiger partial charge in [-0.1, -0.05) is 113 Å². The van der Waals surface area contributed by atoms with Gasteiger partial charge in [-0.3, -0.25) is 4.79 Å². The molecule has 0 heterocycles. The molecule has 0 aliphatic carbocycles. The summed E-state index contributed by atoms with van der Waals surface area (Å²) in [5.41, 5.74) is 2.80. The van der Waals surface area contributed by atoms with Crippen molar-refractivity contribution in [2.24, 2.45) is 5.92 Å². The second-order valence-electron chi connectivity index (χ2n) is 8.77. The average Bonchev–Trinajstić information content (AvgIpc) is 2.84. The van der Waals surface area contributed by atoms with Gasteiger partial charge >= 0.3 is 0 Å². The lowest BCUT2D eigenvalue weighted by Gasteiger charge is -2.18. The van der Waals surface area contributed by atoms with Gasteiger partial charge in [-0.2, -0.15) is 0 Å². The van der Waals surface area contributed by atoms with E-state index in [0.717, 1.165) is 50.6 Å². The summed E-state index contributed by atoms with van der Waals surface area (Å²) in [5.74, 6) is 0.518. The van der Waals surface area contributed by atoms with Crippen molar-refractivity contribution in [3.8, 4) is 0 Å². The van der Waals surface area contributed by atoms with Gasteiger partial charge < -0.3 is 10.6 Å². The maximum atomic E-state index is 11.7. The Balaban J connectivity index is -0.000000522. The van der Waals surface area contributed by atoms with E-state index in [0.29, 0.717) is 20.8 Å². The minimum atomic E-state index is 0.0148. The standard InChI is InChI=1S/C13H14Cl3N.C12H25NO.C4H8.C2H6/c1-4-12(15)9(3)17-8(2)11-6-5-10(14)7-13(11)16;1-4-7-10-13-12(14)11(8-5-2)9-6-3;1-4(2)3;1-2/h4-8,17H,3H2,1-2H3;11H,4-10H2,1-3H3,(H,13,14);1H2,2-3H3;1-2H3/b12-4+;;;. The molecule has 0 aliphatic rings. The van der Waals surface area contributed by atoms with E-state index in [1.807, 2.05) is 47.6 Å². The van der Waals surface area contributed by atoms with Crippen molar-refractivity contribution in [3.05, 3.63) is 69.3 Å². The fraction of sp³-hybridized carbons (Fsp3) is 0.581. The molecule has 2 N–H and O–H groups in total. The van der Waals surface area contributed by atoms with Crippen LogP contribution >= 0.6 is 34.8 Å². The van der Waals surface area contributed by atoms with Crippen LogP contribution in [0.15, 0.2) is 53.7 Å². The van der Waals surface area contributed by atoms with Crippen LogP contribution in [0.5, 0.6) is 0 Å². The third kappa shape index (κ3) is 22.3. The minimum Gasteiger partial charge on any atom is -0.378 e. The zero-order valence-corrected chi connectivity index (χ0v) is 27.1. The first kappa shape index (κ1) is 40.1. The van der Waals surface area contributed by atoms with Crippen molar-refractivity contribution in [1.29, 1.82) is 0 Å². The van der Waals surface area contributed by atoms with Crippen LogP contribution in [0.1, 0.15) is 112 Å². The number of amides is 1. The highest BCUT2D eigenvalue weighted by molar-refractivity contribution is 6.35. The van der Waals surface area contributed by atoms with Crippen LogP contribution in [0, 0.1) is 5.92 Å². The number of carbonyl (C=O) groups excluding carboxylic acids is 1. The average molecular weight is 576 g/mol. The van der Waals surface area contributed by atoms with E-state index in [1.165, 1.54) is 5.57 Å². The normalized spacial score (nSPS) is 11.0. The molecule has 0 saturated heterocycles. The van der Waals surface area contributed by atoms with Gasteiger partial charge in [0.05, 0.1) is 11.1 Å². The van der Waals surface area contributed by atoms with E-state index in [4.69, 9.17) is 34.8 Å². The maximum absolute atomic E-state index is 11.7.